The fourth-order valence-electron chi connectivity index (χ4n) is 2.99. The third-order valence-electron chi connectivity index (χ3n) is 4.66. The highest BCUT2D eigenvalue weighted by molar-refractivity contribution is 6.34. The van der Waals surface area contributed by atoms with Gasteiger partial charge < -0.3 is 10.5 Å². The molecule has 2 amide bonds. The Bertz CT molecular complexity index is 1330. The summed E-state index contributed by atoms with van der Waals surface area (Å²) in [6.07, 6.45) is 1.37. The van der Waals surface area contributed by atoms with E-state index in [1.807, 2.05) is 0 Å². The average Bonchev–Trinajstić information content (AvgIpc) is 2.77. The van der Waals surface area contributed by atoms with Gasteiger partial charge in [0.15, 0.2) is 11.6 Å². The van der Waals surface area contributed by atoms with Crippen LogP contribution < -0.4 is 15.4 Å². The lowest BCUT2D eigenvalue weighted by molar-refractivity contribution is 0.0983. The number of benzene rings is 2. The van der Waals surface area contributed by atoms with E-state index >= 15 is 0 Å². The van der Waals surface area contributed by atoms with E-state index < -0.39 is 29.6 Å². The lowest BCUT2D eigenvalue weighted by Gasteiger charge is -2.24. The van der Waals surface area contributed by atoms with E-state index in [9.17, 15) is 14.0 Å². The fourth-order valence-corrected chi connectivity index (χ4v) is 3.46. The normalized spacial score (nSPS) is 12.6. The van der Waals surface area contributed by atoms with Crippen molar-refractivity contribution in [3.8, 4) is 16.9 Å². The van der Waals surface area contributed by atoms with Gasteiger partial charge in [-0.15, -0.1) is 0 Å². The molecule has 9 heteroatoms. The Morgan fingerprint density at radius 1 is 1.18 bits per heavy atom. The number of primary amides is 1. The van der Waals surface area contributed by atoms with Gasteiger partial charge in [0, 0.05) is 35.0 Å². The molecule has 34 heavy (non-hydrogen) atoms. The number of halogens is 3. The highest BCUT2D eigenvalue weighted by atomic mass is 35.5. The molecule has 0 bridgehead atoms. The summed E-state index contributed by atoms with van der Waals surface area (Å²) in [6.45, 7) is 2.72. The van der Waals surface area contributed by atoms with Gasteiger partial charge in [0.2, 0.25) is 5.91 Å². The molecule has 3 aromatic rings. The van der Waals surface area contributed by atoms with Crippen LogP contribution in [0.5, 0.6) is 5.75 Å². The maximum absolute atomic E-state index is 14.4. The molecule has 0 aliphatic carbocycles. The third-order valence-corrected chi connectivity index (χ3v) is 5.31. The number of ether oxygens (including phenoxy) is 1. The second kappa shape index (κ2) is 9.99. The average molecular weight is 506 g/mol. The molecule has 0 atom stereocenters. The largest absolute Gasteiger partial charge is 0.489 e. The van der Waals surface area contributed by atoms with Crippen LogP contribution in [-0.4, -0.2) is 30.4 Å². The number of nitrogens with zero attached hydrogens (tertiary/aromatic N) is 2. The van der Waals surface area contributed by atoms with Crippen molar-refractivity contribution in [1.29, 1.82) is 0 Å². The first-order chi connectivity index (χ1) is 16.6. The van der Waals surface area contributed by atoms with Crippen LogP contribution in [0, 0.1) is 11.2 Å². The van der Waals surface area contributed by atoms with Crippen LogP contribution in [0.25, 0.3) is 11.1 Å². The van der Waals surface area contributed by atoms with Gasteiger partial charge >= 0.3 is 0 Å². The van der Waals surface area contributed by atoms with E-state index in [0.29, 0.717) is 11.1 Å². The molecule has 1 heterocycles. The summed E-state index contributed by atoms with van der Waals surface area (Å²) in [6, 6.07) is 9.73. The highest BCUT2D eigenvalue weighted by Crippen LogP contribution is 2.36. The van der Waals surface area contributed by atoms with Crippen molar-refractivity contribution in [3.05, 3.63) is 75.7 Å². The van der Waals surface area contributed by atoms with Crippen molar-refractivity contribution in [2.24, 2.45) is 11.1 Å². The molecule has 6 nitrogen and oxygen atoms in total. The number of carbonyl (C=O) groups excluding carboxylic acids is 2. The maximum Gasteiger partial charge on any atom is 0.263 e. The summed E-state index contributed by atoms with van der Waals surface area (Å²) in [5.74, 6) is -2.49. The summed E-state index contributed by atoms with van der Waals surface area (Å²) < 4.78 is 37.1. The monoisotopic (exact) mass is 505 g/mol. The summed E-state index contributed by atoms with van der Waals surface area (Å²) in [4.78, 5) is 30.2. The van der Waals surface area contributed by atoms with Gasteiger partial charge in [-0.1, -0.05) is 50.0 Å². The van der Waals surface area contributed by atoms with Crippen molar-refractivity contribution >= 4 is 40.8 Å². The zero-order chi connectivity index (χ0) is 27.0. The number of pyridine rings is 1. The van der Waals surface area contributed by atoms with Gasteiger partial charge in [0.25, 0.3) is 5.91 Å². The zero-order valence-corrected chi connectivity index (χ0v) is 20.5. The van der Waals surface area contributed by atoms with Crippen LogP contribution >= 0.6 is 23.2 Å². The van der Waals surface area contributed by atoms with E-state index in [2.05, 4.69) is 4.98 Å². The Morgan fingerprint density at radius 3 is 2.50 bits per heavy atom. The number of hydrogen-bond acceptors (Lipinski definition) is 4. The topological polar surface area (TPSA) is 85.5 Å². The van der Waals surface area contributed by atoms with Crippen molar-refractivity contribution < 1.29 is 21.5 Å². The van der Waals surface area contributed by atoms with Gasteiger partial charge in [-0.3, -0.25) is 14.5 Å². The van der Waals surface area contributed by atoms with Crippen molar-refractivity contribution in [2.45, 2.75) is 20.8 Å². The molecular formula is C25H24Cl2FN3O3. The third kappa shape index (κ3) is 5.66. The molecule has 0 aliphatic heterocycles. The first kappa shape index (κ1) is 22.6. The Labute approximate surface area is 210 Å². The van der Waals surface area contributed by atoms with Crippen LogP contribution in [0.3, 0.4) is 0 Å². The van der Waals surface area contributed by atoms with Crippen molar-refractivity contribution in [3.63, 3.8) is 0 Å². The van der Waals surface area contributed by atoms with Crippen LogP contribution in [0.15, 0.2) is 48.7 Å². The van der Waals surface area contributed by atoms with Crippen LogP contribution in [0.4, 0.5) is 10.2 Å². The predicted molar refractivity (Wildman–Crippen MR) is 132 cm³/mol. The molecule has 0 saturated heterocycles. The lowest BCUT2D eigenvalue weighted by Crippen LogP contribution is -2.29. The van der Waals surface area contributed by atoms with Gasteiger partial charge in [-0.2, -0.15) is 0 Å². The van der Waals surface area contributed by atoms with E-state index in [4.69, 9.17) is 36.4 Å². The van der Waals surface area contributed by atoms with Gasteiger partial charge in [-0.25, -0.2) is 9.37 Å². The summed E-state index contributed by atoms with van der Waals surface area (Å²) >= 11 is 12.4. The molecule has 2 aromatic carbocycles. The zero-order valence-electron chi connectivity index (χ0n) is 20.9. The molecule has 3 rings (SSSR count). The number of rotatable bonds is 6. The molecule has 0 fully saturated rings. The molecule has 0 radical (unpaired) electrons. The van der Waals surface area contributed by atoms with Gasteiger partial charge in [-0.05, 0) is 41.8 Å². The lowest BCUT2D eigenvalue weighted by atomic mass is 9.98. The van der Waals surface area contributed by atoms with E-state index in [0.717, 1.165) is 11.0 Å². The number of anilines is 1. The molecule has 2 N–H and O–H groups in total. The standard InChI is InChI=1S/C25H24Cl2FN3O3/c1-25(2,3)13-34-20-11-15(16-10-14(22(29)32)8-9-17(16)26)12-30-23(20)31(4)24(33)21-18(27)6-5-7-19(21)28/h5-12H,13H2,1-4H3,(H2,29,32)/i13D2. The Morgan fingerprint density at radius 2 is 1.88 bits per heavy atom. The first-order valence-electron chi connectivity index (χ1n) is 11.1. The van der Waals surface area contributed by atoms with Crippen molar-refractivity contribution in [1.82, 2.24) is 4.98 Å². The predicted octanol–water partition coefficient (Wildman–Crippen LogP) is 5.99. The van der Waals surface area contributed by atoms with Gasteiger partial charge in [0.1, 0.15) is 5.82 Å². The number of nitrogens with two attached hydrogens (primary N) is 1. The number of carbonyl (C=O) groups is 2. The minimum atomic E-state index is -2.21. The van der Waals surface area contributed by atoms with Crippen LogP contribution in [0.2, 0.25) is 10.0 Å². The maximum atomic E-state index is 14.4. The summed E-state index contributed by atoms with van der Waals surface area (Å²) in [5, 5.41) is 0.188. The number of aromatic nitrogens is 1. The minimum Gasteiger partial charge on any atom is -0.489 e. The SMILES string of the molecule is [2H]C([2H])(Oc1cc(-c2cc(C(N)=O)ccc2Cl)cnc1N(C)C(=O)c1c(F)cccc1Cl)C(C)(C)C. The Balaban J connectivity index is 2.18. The van der Waals surface area contributed by atoms with E-state index in [-0.39, 0.29) is 32.7 Å². The number of hydrogen-bond donors (Lipinski definition) is 1. The Kier molecular flexibility index (Phi) is 6.65. The smallest absolute Gasteiger partial charge is 0.263 e. The molecular weight excluding hydrogens is 480 g/mol. The molecule has 0 unspecified atom stereocenters. The molecule has 0 saturated carbocycles. The van der Waals surface area contributed by atoms with E-state index in [1.54, 1.807) is 20.8 Å². The summed E-state index contributed by atoms with van der Waals surface area (Å²) in [5.41, 5.74) is 5.02. The molecule has 178 valence electrons. The number of amides is 2. The Hall–Kier alpha value is -3.16. The molecule has 1 aromatic heterocycles. The second-order valence-electron chi connectivity index (χ2n) is 8.52. The highest BCUT2D eigenvalue weighted by Gasteiger charge is 2.25. The summed E-state index contributed by atoms with van der Waals surface area (Å²) in [7, 11) is 1.34. The van der Waals surface area contributed by atoms with Gasteiger partial charge in [0.05, 0.1) is 19.9 Å². The molecule has 0 spiro atoms. The van der Waals surface area contributed by atoms with Crippen molar-refractivity contribution in [2.75, 3.05) is 18.5 Å². The van der Waals surface area contributed by atoms with Crippen LogP contribution in [-0.2, 0) is 0 Å². The second-order valence-corrected chi connectivity index (χ2v) is 9.33. The van der Waals surface area contributed by atoms with Crippen LogP contribution in [0.1, 0.15) is 44.2 Å². The fraction of sp³-hybridized carbons (Fsp3) is 0.240. The quantitative estimate of drug-likeness (QED) is 0.445. The minimum absolute atomic E-state index is 0.0848. The van der Waals surface area contributed by atoms with E-state index in [1.165, 1.54) is 49.6 Å². The molecule has 0 aliphatic rings. The first-order valence-corrected chi connectivity index (χ1v) is 10.9.